The van der Waals surface area contributed by atoms with Gasteiger partial charge in [0.05, 0.1) is 16.6 Å². The second kappa shape index (κ2) is 8.49. The number of hydrogen-bond donors (Lipinski definition) is 1. The average Bonchev–Trinajstić information content (AvgIpc) is 3.37. The van der Waals surface area contributed by atoms with Crippen LogP contribution in [0.15, 0.2) is 48.5 Å². The van der Waals surface area contributed by atoms with Crippen LogP contribution in [0.4, 0.5) is 5.69 Å². The number of aryl methyl sites for hydroxylation is 2. The summed E-state index contributed by atoms with van der Waals surface area (Å²) in [6.45, 7) is 3.74. The summed E-state index contributed by atoms with van der Waals surface area (Å²) in [5.41, 5.74) is 2.45. The van der Waals surface area contributed by atoms with E-state index in [1.54, 1.807) is 17.7 Å². The quantitative estimate of drug-likeness (QED) is 0.667. The predicted molar refractivity (Wildman–Crippen MR) is 118 cm³/mol. The third-order valence-electron chi connectivity index (χ3n) is 4.81. The minimum absolute atomic E-state index is 0.0445. The van der Waals surface area contributed by atoms with Crippen LogP contribution in [0.1, 0.15) is 22.0 Å². The maximum atomic E-state index is 13.1. The molecule has 1 saturated heterocycles. The van der Waals surface area contributed by atoms with E-state index in [1.165, 1.54) is 16.7 Å². The Bertz CT molecular complexity index is 1100. The first-order valence-electron chi connectivity index (χ1n) is 9.39. The van der Waals surface area contributed by atoms with Crippen molar-refractivity contribution in [3.63, 3.8) is 0 Å². The van der Waals surface area contributed by atoms with Crippen LogP contribution in [0.5, 0.6) is 0 Å². The Hall–Kier alpha value is -2.84. The molecule has 154 valence electrons. The molecule has 3 aromatic rings. The number of nitrogens with one attached hydrogen (secondary N) is 1. The van der Waals surface area contributed by atoms with E-state index in [2.05, 4.69) is 15.4 Å². The van der Waals surface area contributed by atoms with Gasteiger partial charge in [0, 0.05) is 11.4 Å². The summed E-state index contributed by atoms with van der Waals surface area (Å²) < 4.78 is 1.54. The van der Waals surface area contributed by atoms with Crippen molar-refractivity contribution in [3.05, 3.63) is 70.8 Å². The van der Waals surface area contributed by atoms with Gasteiger partial charge in [-0.1, -0.05) is 41.4 Å². The largest absolute Gasteiger partial charge is 0.324 e. The molecule has 0 aliphatic carbocycles. The molecule has 1 aliphatic rings. The van der Waals surface area contributed by atoms with Gasteiger partial charge in [0.15, 0.2) is 0 Å². The number of amides is 2. The van der Waals surface area contributed by atoms with Gasteiger partial charge in [-0.05, 0) is 38.1 Å². The molecule has 1 aliphatic heterocycles. The van der Waals surface area contributed by atoms with E-state index < -0.39 is 6.04 Å². The first-order chi connectivity index (χ1) is 14.4. The summed E-state index contributed by atoms with van der Waals surface area (Å²) in [5.74, 6) is 0.914. The highest BCUT2D eigenvalue weighted by atomic mass is 35.5. The minimum atomic E-state index is -0.587. The molecule has 1 fully saturated rings. The van der Waals surface area contributed by atoms with Crippen LogP contribution < -0.4 is 5.32 Å². The standard InChI is InChI=1S/C21H20ClN5O2S/c1-13-7-9-15(10-8-13)24-20(28)18-11-30-12-26(18)21(29)19-23-14(2)27(25-19)17-6-4-3-5-16(17)22/h3-10,18H,11-12H2,1-2H3,(H,24,28). The highest BCUT2D eigenvalue weighted by Crippen LogP contribution is 2.25. The number of halogens is 1. The van der Waals surface area contributed by atoms with Crippen molar-refractivity contribution in [2.75, 3.05) is 16.9 Å². The van der Waals surface area contributed by atoms with Gasteiger partial charge in [-0.25, -0.2) is 9.67 Å². The van der Waals surface area contributed by atoms with Crippen LogP contribution >= 0.6 is 23.4 Å². The van der Waals surface area contributed by atoms with E-state index in [9.17, 15) is 9.59 Å². The van der Waals surface area contributed by atoms with Crippen molar-refractivity contribution in [1.29, 1.82) is 0 Å². The van der Waals surface area contributed by atoms with Gasteiger partial charge < -0.3 is 10.2 Å². The topological polar surface area (TPSA) is 80.1 Å². The number of para-hydroxylation sites is 1. The molecule has 1 N–H and O–H groups in total. The van der Waals surface area contributed by atoms with Crippen LogP contribution in [0.3, 0.4) is 0 Å². The molecule has 1 unspecified atom stereocenters. The van der Waals surface area contributed by atoms with E-state index in [1.807, 2.05) is 49.4 Å². The van der Waals surface area contributed by atoms with Gasteiger partial charge in [0.25, 0.3) is 5.91 Å². The number of hydrogen-bond acceptors (Lipinski definition) is 5. The van der Waals surface area contributed by atoms with Crippen molar-refractivity contribution in [1.82, 2.24) is 19.7 Å². The summed E-state index contributed by atoms with van der Waals surface area (Å²) in [5, 5.41) is 7.76. The molecule has 7 nitrogen and oxygen atoms in total. The Balaban J connectivity index is 1.54. The molecule has 0 spiro atoms. The molecule has 30 heavy (non-hydrogen) atoms. The van der Waals surface area contributed by atoms with Gasteiger partial charge in [-0.2, -0.15) is 0 Å². The number of thioether (sulfide) groups is 1. The zero-order valence-electron chi connectivity index (χ0n) is 16.5. The Morgan fingerprint density at radius 3 is 2.60 bits per heavy atom. The van der Waals surface area contributed by atoms with E-state index in [-0.39, 0.29) is 17.6 Å². The van der Waals surface area contributed by atoms with Crippen LogP contribution in [-0.2, 0) is 4.79 Å². The average molecular weight is 442 g/mol. The molecule has 0 radical (unpaired) electrons. The highest BCUT2D eigenvalue weighted by molar-refractivity contribution is 7.99. The Morgan fingerprint density at radius 1 is 1.13 bits per heavy atom. The first kappa shape index (κ1) is 20.4. The Kier molecular flexibility index (Phi) is 5.78. The van der Waals surface area contributed by atoms with Crippen molar-refractivity contribution in [3.8, 4) is 5.69 Å². The lowest BCUT2D eigenvalue weighted by molar-refractivity contribution is -0.119. The molecule has 9 heteroatoms. The number of aromatic nitrogens is 3. The summed E-state index contributed by atoms with van der Waals surface area (Å²) in [7, 11) is 0. The number of anilines is 1. The van der Waals surface area contributed by atoms with Crippen LogP contribution in [0.2, 0.25) is 5.02 Å². The second-order valence-corrected chi connectivity index (χ2v) is 8.40. The smallest absolute Gasteiger partial charge is 0.294 e. The molecule has 2 heterocycles. The number of carbonyl (C=O) groups is 2. The monoisotopic (exact) mass is 441 g/mol. The van der Waals surface area contributed by atoms with E-state index in [4.69, 9.17) is 11.6 Å². The van der Waals surface area contributed by atoms with E-state index >= 15 is 0 Å². The van der Waals surface area contributed by atoms with Gasteiger partial charge >= 0.3 is 0 Å². The third-order valence-corrected chi connectivity index (χ3v) is 6.14. The predicted octanol–water partition coefficient (Wildman–Crippen LogP) is 3.69. The summed E-state index contributed by atoms with van der Waals surface area (Å²) in [4.78, 5) is 31.7. The minimum Gasteiger partial charge on any atom is -0.324 e. The number of carbonyl (C=O) groups excluding carboxylic acids is 2. The number of benzene rings is 2. The molecular formula is C21H20ClN5O2S. The summed E-state index contributed by atoms with van der Waals surface area (Å²) >= 11 is 7.78. The zero-order chi connectivity index (χ0) is 21.3. The molecule has 0 bridgehead atoms. The summed E-state index contributed by atoms with van der Waals surface area (Å²) in [6, 6.07) is 14.2. The lowest BCUT2D eigenvalue weighted by atomic mass is 10.2. The maximum absolute atomic E-state index is 13.1. The number of nitrogens with zero attached hydrogens (tertiary/aromatic N) is 4. The molecule has 1 aromatic heterocycles. The van der Waals surface area contributed by atoms with Gasteiger partial charge in [0.1, 0.15) is 11.9 Å². The van der Waals surface area contributed by atoms with Crippen molar-refractivity contribution < 1.29 is 9.59 Å². The number of rotatable bonds is 4. The third kappa shape index (κ3) is 4.06. The second-order valence-electron chi connectivity index (χ2n) is 6.99. The fraction of sp³-hybridized carbons (Fsp3) is 0.238. The van der Waals surface area contributed by atoms with Crippen LogP contribution in [-0.4, -0.2) is 49.2 Å². The summed E-state index contributed by atoms with van der Waals surface area (Å²) in [6.07, 6.45) is 0. The van der Waals surface area contributed by atoms with Gasteiger partial charge in [0.2, 0.25) is 11.7 Å². The van der Waals surface area contributed by atoms with Crippen molar-refractivity contribution in [2.45, 2.75) is 19.9 Å². The fourth-order valence-corrected chi connectivity index (χ4v) is 4.55. The van der Waals surface area contributed by atoms with Crippen LogP contribution in [0.25, 0.3) is 5.69 Å². The van der Waals surface area contributed by atoms with Crippen LogP contribution in [0, 0.1) is 13.8 Å². The Morgan fingerprint density at radius 2 is 1.87 bits per heavy atom. The first-order valence-corrected chi connectivity index (χ1v) is 10.9. The molecule has 2 aromatic carbocycles. The van der Waals surface area contributed by atoms with Gasteiger partial charge in [-0.15, -0.1) is 16.9 Å². The molecular weight excluding hydrogens is 422 g/mol. The van der Waals surface area contributed by atoms with Crippen molar-refractivity contribution in [2.24, 2.45) is 0 Å². The lowest BCUT2D eigenvalue weighted by Gasteiger charge is -2.21. The molecule has 2 amide bonds. The SMILES string of the molecule is Cc1ccc(NC(=O)C2CSCN2C(=O)c2nc(C)n(-c3ccccc3Cl)n2)cc1. The normalized spacial score (nSPS) is 16.0. The van der Waals surface area contributed by atoms with Crippen molar-refractivity contribution >= 4 is 40.9 Å². The van der Waals surface area contributed by atoms with Gasteiger partial charge in [-0.3, -0.25) is 9.59 Å². The Labute approximate surface area is 183 Å². The maximum Gasteiger partial charge on any atom is 0.294 e. The molecule has 0 saturated carbocycles. The van der Waals surface area contributed by atoms with E-state index in [0.717, 1.165) is 5.56 Å². The highest BCUT2D eigenvalue weighted by Gasteiger charge is 2.37. The molecule has 1 atom stereocenters. The molecule has 4 rings (SSSR count). The lowest BCUT2D eigenvalue weighted by Crippen LogP contribution is -2.44. The zero-order valence-corrected chi connectivity index (χ0v) is 18.1. The van der Waals surface area contributed by atoms with E-state index in [0.29, 0.717) is 33.9 Å². The fourth-order valence-electron chi connectivity index (χ4n) is 3.18.